The number of anilines is 2. The van der Waals surface area contributed by atoms with Crippen LogP contribution in [0.25, 0.3) is 0 Å². The van der Waals surface area contributed by atoms with Crippen LogP contribution in [0, 0.1) is 11.8 Å². The number of carbonyl (C=O) groups is 3. The molecule has 1 heterocycles. The number of hydrogen-bond acceptors (Lipinski definition) is 5. The first-order valence-electron chi connectivity index (χ1n) is 9.60. The number of benzene rings is 1. The second-order valence-corrected chi connectivity index (χ2v) is 8.41. The molecule has 2 aromatic rings. The molecule has 3 rings (SSSR count). The van der Waals surface area contributed by atoms with Crippen LogP contribution in [0.5, 0.6) is 0 Å². The first kappa shape index (κ1) is 21.6. The molecule has 1 aliphatic rings. The van der Waals surface area contributed by atoms with Gasteiger partial charge in [-0.15, -0.1) is 11.8 Å². The van der Waals surface area contributed by atoms with Crippen molar-refractivity contribution in [2.75, 3.05) is 10.6 Å². The molecule has 0 fully saturated rings. The molecule has 0 saturated heterocycles. The van der Waals surface area contributed by atoms with Crippen molar-refractivity contribution in [1.29, 1.82) is 0 Å². The summed E-state index contributed by atoms with van der Waals surface area (Å²) in [5.74, 6) is -2.73. The summed E-state index contributed by atoms with van der Waals surface area (Å²) in [6, 6.07) is 10.6. The highest BCUT2D eigenvalue weighted by atomic mass is 32.2. The molecule has 1 aromatic carbocycles. The molecule has 2 amide bonds. The number of aromatic nitrogens is 1. The number of allylic oxidation sites excluding steroid dienone is 2. The molecule has 3 atom stereocenters. The van der Waals surface area contributed by atoms with Gasteiger partial charge in [0.05, 0.1) is 17.1 Å². The number of carboxylic acid groups (broad SMARTS) is 1. The highest BCUT2D eigenvalue weighted by Crippen LogP contribution is 2.29. The molecule has 0 radical (unpaired) electrons. The second kappa shape index (κ2) is 10.1. The van der Waals surface area contributed by atoms with Crippen LogP contribution in [-0.2, 0) is 14.4 Å². The highest BCUT2D eigenvalue weighted by Gasteiger charge is 2.34. The fourth-order valence-corrected chi connectivity index (χ4v) is 4.12. The Hall–Kier alpha value is -3.13. The first-order valence-corrected chi connectivity index (χ1v) is 10.5. The van der Waals surface area contributed by atoms with E-state index in [1.54, 1.807) is 55.7 Å². The quantitative estimate of drug-likeness (QED) is 0.460. The monoisotopic (exact) mass is 425 g/mol. The van der Waals surface area contributed by atoms with Gasteiger partial charge in [-0.05, 0) is 50.1 Å². The van der Waals surface area contributed by atoms with Gasteiger partial charge >= 0.3 is 5.97 Å². The van der Waals surface area contributed by atoms with Crippen LogP contribution in [0.3, 0.4) is 0 Å². The number of pyridine rings is 1. The van der Waals surface area contributed by atoms with Crippen molar-refractivity contribution in [3.05, 3.63) is 60.9 Å². The number of aliphatic carboxylic acids is 1. The average molecular weight is 426 g/mol. The predicted molar refractivity (Wildman–Crippen MR) is 116 cm³/mol. The summed E-state index contributed by atoms with van der Waals surface area (Å²) in [7, 11) is 0. The van der Waals surface area contributed by atoms with E-state index in [2.05, 4.69) is 15.6 Å². The van der Waals surface area contributed by atoms with E-state index in [1.165, 1.54) is 11.8 Å². The smallest absolute Gasteiger partial charge is 0.307 e. The standard InChI is InChI=1S/C22H23N3O4S/c1-14(20(26)24-15-9-11-23-12-10-15)30-17-6-4-5-16(13-17)25-21(27)18-7-2-3-8-19(18)22(28)29/h2-6,9-14,18-19H,7-8H2,1H3,(H,25,27)(H,28,29)(H,23,24,26). The Labute approximate surface area is 179 Å². The lowest BCUT2D eigenvalue weighted by atomic mass is 9.82. The molecule has 1 aromatic heterocycles. The topological polar surface area (TPSA) is 108 Å². The van der Waals surface area contributed by atoms with Crippen LogP contribution in [0.1, 0.15) is 19.8 Å². The fraction of sp³-hybridized carbons (Fsp3) is 0.273. The zero-order valence-corrected chi connectivity index (χ0v) is 17.3. The van der Waals surface area contributed by atoms with Gasteiger partial charge in [-0.2, -0.15) is 0 Å². The zero-order chi connectivity index (χ0) is 21.5. The maximum absolute atomic E-state index is 12.6. The molecule has 0 spiro atoms. The van der Waals surface area contributed by atoms with E-state index in [-0.39, 0.29) is 17.1 Å². The van der Waals surface area contributed by atoms with Gasteiger partial charge in [0.2, 0.25) is 11.8 Å². The summed E-state index contributed by atoms with van der Waals surface area (Å²) in [5.41, 5.74) is 1.25. The van der Waals surface area contributed by atoms with Crippen molar-refractivity contribution in [3.63, 3.8) is 0 Å². The van der Waals surface area contributed by atoms with Crippen LogP contribution >= 0.6 is 11.8 Å². The van der Waals surface area contributed by atoms with Gasteiger partial charge in [0.15, 0.2) is 0 Å². The van der Waals surface area contributed by atoms with E-state index < -0.39 is 17.8 Å². The summed E-state index contributed by atoms with van der Waals surface area (Å²) >= 11 is 1.37. The van der Waals surface area contributed by atoms with Crippen molar-refractivity contribution in [1.82, 2.24) is 4.98 Å². The minimum Gasteiger partial charge on any atom is -0.481 e. The van der Waals surface area contributed by atoms with Gasteiger partial charge < -0.3 is 15.7 Å². The Morgan fingerprint density at radius 2 is 1.73 bits per heavy atom. The molecular weight excluding hydrogens is 402 g/mol. The van der Waals surface area contributed by atoms with Gasteiger partial charge in [0.25, 0.3) is 0 Å². The third-order valence-corrected chi connectivity index (χ3v) is 5.91. The molecule has 30 heavy (non-hydrogen) atoms. The lowest BCUT2D eigenvalue weighted by Crippen LogP contribution is -2.34. The van der Waals surface area contributed by atoms with Gasteiger partial charge in [-0.1, -0.05) is 18.2 Å². The second-order valence-electron chi connectivity index (χ2n) is 7.00. The number of thioether (sulfide) groups is 1. The Balaban J connectivity index is 1.61. The number of nitrogens with zero attached hydrogens (tertiary/aromatic N) is 1. The van der Waals surface area contributed by atoms with Crippen LogP contribution in [0.4, 0.5) is 11.4 Å². The Bertz CT molecular complexity index is 948. The van der Waals surface area contributed by atoms with Crippen molar-refractivity contribution < 1.29 is 19.5 Å². The summed E-state index contributed by atoms with van der Waals surface area (Å²) in [5, 5.41) is 14.7. The predicted octanol–water partition coefficient (Wildman–Crippen LogP) is 3.81. The molecule has 0 aliphatic heterocycles. The highest BCUT2D eigenvalue weighted by molar-refractivity contribution is 8.00. The van der Waals surface area contributed by atoms with Gasteiger partial charge in [0, 0.05) is 28.7 Å². The van der Waals surface area contributed by atoms with Crippen molar-refractivity contribution >= 4 is 40.9 Å². The number of rotatable bonds is 7. The molecule has 1 aliphatic carbocycles. The molecular formula is C22H23N3O4S. The molecule has 0 saturated carbocycles. The van der Waals surface area contributed by atoms with Crippen molar-refractivity contribution in [2.45, 2.75) is 29.9 Å². The van der Waals surface area contributed by atoms with E-state index in [0.29, 0.717) is 24.2 Å². The maximum Gasteiger partial charge on any atom is 0.307 e. The first-order chi connectivity index (χ1) is 14.4. The van der Waals surface area contributed by atoms with Crippen molar-refractivity contribution in [2.24, 2.45) is 11.8 Å². The molecule has 3 unspecified atom stereocenters. The normalized spacial score (nSPS) is 19.0. The van der Waals surface area contributed by atoms with Gasteiger partial charge in [-0.3, -0.25) is 19.4 Å². The molecule has 7 nitrogen and oxygen atoms in total. The minimum atomic E-state index is -0.960. The number of carboxylic acids is 1. The molecule has 3 N–H and O–H groups in total. The Kier molecular flexibility index (Phi) is 7.24. The summed E-state index contributed by atoms with van der Waals surface area (Å²) in [4.78, 5) is 41.2. The van der Waals surface area contributed by atoms with E-state index in [1.807, 2.05) is 12.1 Å². The maximum atomic E-state index is 12.6. The molecule has 156 valence electrons. The van der Waals surface area contributed by atoms with E-state index >= 15 is 0 Å². The van der Waals surface area contributed by atoms with Crippen LogP contribution in [0.15, 0.2) is 65.8 Å². The average Bonchev–Trinajstić information content (AvgIpc) is 2.74. The summed E-state index contributed by atoms with van der Waals surface area (Å²) < 4.78 is 0. The van der Waals surface area contributed by atoms with E-state index in [4.69, 9.17) is 0 Å². The number of hydrogen-bond donors (Lipinski definition) is 3. The van der Waals surface area contributed by atoms with Gasteiger partial charge in [-0.25, -0.2) is 0 Å². The zero-order valence-electron chi connectivity index (χ0n) is 16.4. The third kappa shape index (κ3) is 5.70. The largest absolute Gasteiger partial charge is 0.481 e. The minimum absolute atomic E-state index is 0.140. The number of nitrogens with one attached hydrogen (secondary N) is 2. The van der Waals surface area contributed by atoms with Crippen LogP contribution < -0.4 is 10.6 Å². The van der Waals surface area contributed by atoms with Gasteiger partial charge in [0.1, 0.15) is 0 Å². The van der Waals surface area contributed by atoms with Crippen molar-refractivity contribution in [3.8, 4) is 0 Å². The Morgan fingerprint density at radius 1 is 1.03 bits per heavy atom. The van der Waals surface area contributed by atoms with E-state index in [0.717, 1.165) is 4.90 Å². The molecule has 8 heteroatoms. The van der Waals surface area contributed by atoms with E-state index in [9.17, 15) is 19.5 Å². The summed E-state index contributed by atoms with van der Waals surface area (Å²) in [6.07, 6.45) is 7.63. The lowest BCUT2D eigenvalue weighted by molar-refractivity contribution is -0.146. The fourth-order valence-electron chi connectivity index (χ4n) is 3.20. The molecule has 0 bridgehead atoms. The summed E-state index contributed by atoms with van der Waals surface area (Å²) in [6.45, 7) is 1.80. The van der Waals surface area contributed by atoms with Crippen LogP contribution in [-0.4, -0.2) is 33.1 Å². The number of carbonyl (C=O) groups excluding carboxylic acids is 2. The van der Waals surface area contributed by atoms with Crippen LogP contribution in [0.2, 0.25) is 0 Å². The Morgan fingerprint density at radius 3 is 2.43 bits per heavy atom. The number of amides is 2. The third-order valence-electron chi connectivity index (χ3n) is 4.82. The SMILES string of the molecule is CC(Sc1cccc(NC(=O)C2CC=CCC2C(=O)O)c1)C(=O)Nc1ccncc1. The lowest BCUT2D eigenvalue weighted by Gasteiger charge is -2.24.